The minimum atomic E-state index is -3.33. The molecule has 2 amide bonds. The summed E-state index contributed by atoms with van der Waals surface area (Å²) in [6.07, 6.45) is 3.03. The van der Waals surface area contributed by atoms with Crippen LogP contribution >= 0.6 is 0 Å². The third kappa shape index (κ3) is 6.26. The summed E-state index contributed by atoms with van der Waals surface area (Å²) in [5, 5.41) is 15.5. The van der Waals surface area contributed by atoms with E-state index in [0.717, 1.165) is 23.1 Å². The Kier molecular flexibility index (Phi) is 7.74. The van der Waals surface area contributed by atoms with Crippen molar-refractivity contribution in [1.29, 1.82) is 5.26 Å². The van der Waals surface area contributed by atoms with E-state index in [2.05, 4.69) is 15.6 Å². The second-order valence-corrected chi connectivity index (χ2v) is 10.8. The monoisotopic (exact) mass is 516 g/mol. The van der Waals surface area contributed by atoms with Crippen molar-refractivity contribution in [1.82, 2.24) is 9.80 Å². The lowest BCUT2D eigenvalue weighted by atomic mass is 10.0. The van der Waals surface area contributed by atoms with Gasteiger partial charge in [-0.1, -0.05) is 48.5 Å². The number of anilines is 2. The molecule has 0 aliphatic carbocycles. The molecule has 0 aromatic heterocycles. The van der Waals surface area contributed by atoms with E-state index < -0.39 is 9.84 Å². The highest BCUT2D eigenvalue weighted by Crippen LogP contribution is 2.27. The summed E-state index contributed by atoms with van der Waals surface area (Å²) in [5.74, 6) is 0.425. The van der Waals surface area contributed by atoms with Crippen molar-refractivity contribution in [2.24, 2.45) is 4.99 Å². The van der Waals surface area contributed by atoms with Gasteiger partial charge in [-0.15, -0.1) is 4.99 Å². The Labute approximate surface area is 217 Å². The lowest BCUT2D eigenvalue weighted by Gasteiger charge is -2.42. The minimum Gasteiger partial charge on any atom is -0.338 e. The molecule has 1 aliphatic rings. The summed E-state index contributed by atoms with van der Waals surface area (Å²) in [6.45, 7) is 3.24. The highest BCUT2D eigenvalue weighted by Gasteiger charge is 2.33. The number of carbonyl (C=O) groups excluding carboxylic acids is 1. The molecule has 1 heterocycles. The second-order valence-electron chi connectivity index (χ2n) is 8.77. The average Bonchev–Trinajstić information content (AvgIpc) is 2.89. The van der Waals surface area contributed by atoms with Crippen molar-refractivity contribution in [2.45, 2.75) is 17.9 Å². The fraction of sp³-hybridized carbons (Fsp3) is 0.222. The molecule has 0 spiro atoms. The van der Waals surface area contributed by atoms with Gasteiger partial charge in [-0.2, -0.15) is 5.26 Å². The quantitative estimate of drug-likeness (QED) is 0.304. The molecule has 1 unspecified atom stereocenters. The number of rotatable bonds is 4. The van der Waals surface area contributed by atoms with Gasteiger partial charge in [0.2, 0.25) is 12.2 Å². The number of urea groups is 1. The number of sulfone groups is 1. The Morgan fingerprint density at radius 3 is 2.30 bits per heavy atom. The van der Waals surface area contributed by atoms with Crippen LogP contribution in [0, 0.1) is 18.4 Å². The number of nitrogens with zero attached hydrogens (tertiary/aromatic N) is 4. The normalized spacial score (nSPS) is 16.1. The summed E-state index contributed by atoms with van der Waals surface area (Å²) in [5.41, 5.74) is 3.32. The van der Waals surface area contributed by atoms with Crippen molar-refractivity contribution in [3.05, 3.63) is 90.0 Å². The van der Waals surface area contributed by atoms with Gasteiger partial charge in [0.15, 0.2) is 9.84 Å². The average molecular weight is 517 g/mol. The number of amides is 2. The molecule has 1 saturated heterocycles. The summed E-state index contributed by atoms with van der Waals surface area (Å²) in [6, 6.07) is 22.9. The van der Waals surface area contributed by atoms with Crippen LogP contribution in [0.5, 0.6) is 0 Å². The van der Waals surface area contributed by atoms with Crippen molar-refractivity contribution in [3.8, 4) is 6.19 Å². The molecule has 0 bridgehead atoms. The molecule has 10 heteroatoms. The second kappa shape index (κ2) is 11.1. The number of carbonyl (C=O) groups is 1. The number of nitriles is 1. The molecule has 4 rings (SSSR count). The maximum absolute atomic E-state index is 13.4. The maximum Gasteiger partial charge on any atom is 0.322 e. The topological polar surface area (TPSA) is 118 Å². The predicted molar refractivity (Wildman–Crippen MR) is 144 cm³/mol. The molecule has 3 aromatic rings. The van der Waals surface area contributed by atoms with Gasteiger partial charge in [0.05, 0.1) is 10.9 Å². The first-order valence-corrected chi connectivity index (χ1v) is 13.6. The molecule has 37 heavy (non-hydrogen) atoms. The SMILES string of the molecule is Cc1ccccc1N/C(=N/C#N)N1CCN(C(=O)Nc2ccc(S(C)(=O)=O)cc2)C(c2ccccc2)C1. The van der Waals surface area contributed by atoms with Gasteiger partial charge in [0, 0.05) is 37.3 Å². The molecule has 9 nitrogen and oxygen atoms in total. The van der Waals surface area contributed by atoms with E-state index in [1.165, 1.54) is 12.1 Å². The summed E-state index contributed by atoms with van der Waals surface area (Å²) in [4.78, 5) is 21.3. The standard InChI is InChI=1S/C27H28N6O3S/c1-20-8-6-7-11-24(20)31-26(29-19-28)32-16-17-33(25(18-32)21-9-4-3-5-10-21)27(34)30-22-12-14-23(15-13-22)37(2,35)36/h3-15,25H,16-18H2,1-2H3,(H,29,31)(H,30,34). The predicted octanol–water partition coefficient (Wildman–Crippen LogP) is 4.24. The van der Waals surface area contributed by atoms with Crippen LogP contribution in [0.2, 0.25) is 0 Å². The van der Waals surface area contributed by atoms with Gasteiger partial charge < -0.3 is 20.4 Å². The number of aryl methyl sites for hydroxylation is 1. The minimum absolute atomic E-state index is 0.187. The number of piperazine rings is 1. The number of para-hydroxylation sites is 1. The molecular weight excluding hydrogens is 488 g/mol. The summed E-state index contributed by atoms with van der Waals surface area (Å²) in [7, 11) is -3.33. The fourth-order valence-electron chi connectivity index (χ4n) is 4.22. The van der Waals surface area contributed by atoms with Gasteiger partial charge in [0.25, 0.3) is 0 Å². The van der Waals surface area contributed by atoms with Crippen molar-refractivity contribution in [2.75, 3.05) is 36.5 Å². The van der Waals surface area contributed by atoms with Crippen molar-refractivity contribution >= 4 is 33.2 Å². The van der Waals surface area contributed by atoms with E-state index >= 15 is 0 Å². The van der Waals surface area contributed by atoms with E-state index in [-0.39, 0.29) is 17.0 Å². The fourth-order valence-corrected chi connectivity index (χ4v) is 4.85. The number of benzene rings is 3. The Balaban J connectivity index is 1.56. The Morgan fingerprint density at radius 2 is 1.65 bits per heavy atom. The Bertz CT molecular complexity index is 1430. The number of hydrogen-bond donors (Lipinski definition) is 2. The van der Waals surface area contributed by atoms with Crippen molar-refractivity contribution < 1.29 is 13.2 Å². The largest absolute Gasteiger partial charge is 0.338 e. The maximum atomic E-state index is 13.4. The Morgan fingerprint density at radius 1 is 0.973 bits per heavy atom. The first-order chi connectivity index (χ1) is 17.8. The van der Waals surface area contributed by atoms with Crippen LogP contribution in [0.1, 0.15) is 17.2 Å². The smallest absolute Gasteiger partial charge is 0.322 e. The lowest BCUT2D eigenvalue weighted by Crippen LogP contribution is -2.54. The zero-order chi connectivity index (χ0) is 26.4. The lowest BCUT2D eigenvalue weighted by molar-refractivity contribution is 0.136. The van der Waals surface area contributed by atoms with Gasteiger partial charge in [-0.05, 0) is 48.4 Å². The summed E-state index contributed by atoms with van der Waals surface area (Å²) < 4.78 is 23.5. The molecule has 0 radical (unpaired) electrons. The Hall–Kier alpha value is -4.36. The molecule has 3 aromatic carbocycles. The molecule has 1 aliphatic heterocycles. The van der Waals surface area contributed by atoms with Crippen LogP contribution in [0.3, 0.4) is 0 Å². The zero-order valence-corrected chi connectivity index (χ0v) is 21.4. The number of guanidine groups is 1. The third-order valence-corrected chi connectivity index (χ3v) is 7.33. The first kappa shape index (κ1) is 25.7. The van der Waals surface area contributed by atoms with Crippen LogP contribution < -0.4 is 10.6 Å². The van der Waals surface area contributed by atoms with E-state index in [9.17, 15) is 18.5 Å². The highest BCUT2D eigenvalue weighted by molar-refractivity contribution is 7.90. The molecule has 0 saturated carbocycles. The number of nitrogens with one attached hydrogen (secondary N) is 2. The van der Waals surface area contributed by atoms with E-state index in [1.807, 2.05) is 72.6 Å². The molecule has 1 fully saturated rings. The van der Waals surface area contributed by atoms with Gasteiger partial charge in [0.1, 0.15) is 0 Å². The zero-order valence-electron chi connectivity index (χ0n) is 20.6. The third-order valence-electron chi connectivity index (χ3n) is 6.21. The number of aliphatic imine (C=N–C) groups is 1. The van der Waals surface area contributed by atoms with Gasteiger partial charge >= 0.3 is 6.03 Å². The van der Waals surface area contributed by atoms with E-state index in [0.29, 0.717) is 31.3 Å². The van der Waals surface area contributed by atoms with Crippen LogP contribution in [-0.4, -0.2) is 56.1 Å². The summed E-state index contributed by atoms with van der Waals surface area (Å²) >= 11 is 0. The van der Waals surface area contributed by atoms with Crippen LogP contribution in [0.15, 0.2) is 88.8 Å². The molecular formula is C27H28N6O3S. The highest BCUT2D eigenvalue weighted by atomic mass is 32.2. The van der Waals surface area contributed by atoms with Crippen molar-refractivity contribution in [3.63, 3.8) is 0 Å². The van der Waals surface area contributed by atoms with E-state index in [4.69, 9.17) is 0 Å². The van der Waals surface area contributed by atoms with Crippen LogP contribution in [0.4, 0.5) is 16.2 Å². The first-order valence-electron chi connectivity index (χ1n) is 11.7. The molecule has 190 valence electrons. The van der Waals surface area contributed by atoms with Crippen LogP contribution in [-0.2, 0) is 9.84 Å². The van der Waals surface area contributed by atoms with Gasteiger partial charge in [-0.25, -0.2) is 13.2 Å². The van der Waals surface area contributed by atoms with E-state index in [1.54, 1.807) is 17.0 Å². The number of hydrogen-bond acceptors (Lipinski definition) is 5. The molecule has 2 N–H and O–H groups in total. The van der Waals surface area contributed by atoms with Crippen LogP contribution in [0.25, 0.3) is 0 Å². The molecule has 1 atom stereocenters. The van der Waals surface area contributed by atoms with Gasteiger partial charge in [-0.3, -0.25) is 0 Å².